The van der Waals surface area contributed by atoms with Gasteiger partial charge in [-0.05, 0) is 31.0 Å². The summed E-state index contributed by atoms with van der Waals surface area (Å²) in [4.78, 5) is 3.59. The number of nitrogens with zero attached hydrogens (tertiary/aromatic N) is 1. The first kappa shape index (κ1) is 8.44. The molecule has 0 aliphatic carbocycles. The van der Waals surface area contributed by atoms with Gasteiger partial charge in [0.05, 0.1) is 5.69 Å². The monoisotopic (exact) mass is 181 g/mol. The van der Waals surface area contributed by atoms with Gasteiger partial charge in [0.25, 0.3) is 0 Å². The van der Waals surface area contributed by atoms with Gasteiger partial charge in [0, 0.05) is 12.2 Å². The van der Waals surface area contributed by atoms with Crippen LogP contribution in [0.25, 0.3) is 0 Å². The normalized spacial score (nSPS) is 22.1. The summed E-state index contributed by atoms with van der Waals surface area (Å²) < 4.78 is 12.7. The second-order valence-corrected chi connectivity index (χ2v) is 3.30. The number of aromatic nitrogens is 1. The Hall–Kier alpha value is -1.16. The highest BCUT2D eigenvalue weighted by Crippen LogP contribution is 2.24. The zero-order valence-corrected chi connectivity index (χ0v) is 7.26. The molecular weight excluding hydrogens is 169 g/mol. The number of hydrogen-bond acceptors (Lipinski definition) is 3. The van der Waals surface area contributed by atoms with Gasteiger partial charge in [0.2, 0.25) is 5.95 Å². The lowest BCUT2D eigenvalue weighted by Gasteiger charge is -2.10. The molecule has 1 saturated heterocycles. The van der Waals surface area contributed by atoms with Crippen molar-refractivity contribution in [2.45, 2.75) is 18.9 Å². The molecule has 3 nitrogen and oxygen atoms in total. The standard InChI is InChI=1S/C9H12FN3/c10-9-7(11)4-6(5-13-9)8-2-1-3-12-8/h4-5,8,12H,1-3,11H2. The first-order valence-electron chi connectivity index (χ1n) is 4.41. The van der Waals surface area contributed by atoms with Crippen molar-refractivity contribution >= 4 is 5.69 Å². The van der Waals surface area contributed by atoms with E-state index in [4.69, 9.17) is 5.73 Å². The molecule has 1 atom stereocenters. The highest BCUT2D eigenvalue weighted by atomic mass is 19.1. The Bertz CT molecular complexity index is 308. The van der Waals surface area contributed by atoms with Gasteiger partial charge in [0.15, 0.2) is 0 Å². The summed E-state index contributed by atoms with van der Waals surface area (Å²) in [5.41, 5.74) is 6.54. The lowest BCUT2D eigenvalue weighted by atomic mass is 10.1. The van der Waals surface area contributed by atoms with Crippen LogP contribution in [0.3, 0.4) is 0 Å². The summed E-state index contributed by atoms with van der Waals surface area (Å²) in [6.45, 7) is 1.02. The highest BCUT2D eigenvalue weighted by Gasteiger charge is 2.17. The fourth-order valence-corrected chi connectivity index (χ4v) is 1.64. The van der Waals surface area contributed by atoms with Crippen LogP contribution in [-0.4, -0.2) is 11.5 Å². The van der Waals surface area contributed by atoms with Crippen LogP contribution in [0, 0.1) is 5.95 Å². The van der Waals surface area contributed by atoms with Crippen LogP contribution in [0.15, 0.2) is 12.3 Å². The summed E-state index contributed by atoms with van der Waals surface area (Å²) in [5, 5.41) is 3.30. The van der Waals surface area contributed by atoms with Gasteiger partial charge in [-0.25, -0.2) is 4.98 Å². The number of nitrogens with one attached hydrogen (secondary N) is 1. The number of nitrogens with two attached hydrogens (primary N) is 1. The molecule has 1 aromatic heterocycles. The van der Waals surface area contributed by atoms with E-state index in [1.54, 1.807) is 12.3 Å². The Balaban J connectivity index is 2.25. The number of nitrogen functional groups attached to an aromatic ring is 1. The number of anilines is 1. The van der Waals surface area contributed by atoms with E-state index in [-0.39, 0.29) is 5.69 Å². The number of pyridine rings is 1. The van der Waals surface area contributed by atoms with Crippen LogP contribution in [0.4, 0.5) is 10.1 Å². The minimum atomic E-state index is -0.582. The fourth-order valence-electron chi connectivity index (χ4n) is 1.64. The number of halogens is 1. The largest absolute Gasteiger partial charge is 0.395 e. The molecule has 1 fully saturated rings. The first-order valence-corrected chi connectivity index (χ1v) is 4.41. The van der Waals surface area contributed by atoms with E-state index in [0.29, 0.717) is 6.04 Å². The molecule has 0 saturated carbocycles. The zero-order valence-electron chi connectivity index (χ0n) is 7.26. The third-order valence-corrected chi connectivity index (χ3v) is 2.35. The molecule has 1 aliphatic rings. The van der Waals surface area contributed by atoms with Gasteiger partial charge in [-0.3, -0.25) is 0 Å². The average Bonchev–Trinajstić information content (AvgIpc) is 2.62. The highest BCUT2D eigenvalue weighted by molar-refractivity contribution is 5.39. The maximum atomic E-state index is 12.7. The molecule has 13 heavy (non-hydrogen) atoms. The summed E-state index contributed by atoms with van der Waals surface area (Å²) in [7, 11) is 0. The van der Waals surface area contributed by atoms with E-state index in [2.05, 4.69) is 10.3 Å². The Morgan fingerprint density at radius 3 is 3.08 bits per heavy atom. The van der Waals surface area contributed by atoms with Crippen molar-refractivity contribution in [1.29, 1.82) is 0 Å². The maximum Gasteiger partial charge on any atom is 0.236 e. The Labute approximate surface area is 76.2 Å². The summed E-state index contributed by atoms with van der Waals surface area (Å²) in [6.07, 6.45) is 3.78. The molecular formula is C9H12FN3. The van der Waals surface area contributed by atoms with Gasteiger partial charge < -0.3 is 11.1 Å². The predicted octanol–water partition coefficient (Wildman–Crippen LogP) is 1.23. The van der Waals surface area contributed by atoms with Gasteiger partial charge in [-0.15, -0.1) is 0 Å². The van der Waals surface area contributed by atoms with Crippen molar-refractivity contribution in [3.05, 3.63) is 23.8 Å². The molecule has 0 bridgehead atoms. The lowest BCUT2D eigenvalue weighted by Crippen LogP contribution is -2.13. The topological polar surface area (TPSA) is 50.9 Å². The third-order valence-electron chi connectivity index (χ3n) is 2.35. The molecule has 0 aromatic carbocycles. The third kappa shape index (κ3) is 1.62. The van der Waals surface area contributed by atoms with Crippen LogP contribution in [0.1, 0.15) is 24.4 Å². The molecule has 70 valence electrons. The quantitative estimate of drug-likeness (QED) is 0.640. The van der Waals surface area contributed by atoms with Crippen molar-refractivity contribution in [1.82, 2.24) is 10.3 Å². The van der Waals surface area contributed by atoms with Crippen molar-refractivity contribution < 1.29 is 4.39 Å². The van der Waals surface area contributed by atoms with Crippen molar-refractivity contribution in [2.75, 3.05) is 12.3 Å². The van der Waals surface area contributed by atoms with Gasteiger partial charge in [0.1, 0.15) is 0 Å². The molecule has 0 amide bonds. The molecule has 0 radical (unpaired) electrons. The second-order valence-electron chi connectivity index (χ2n) is 3.30. The van der Waals surface area contributed by atoms with E-state index in [9.17, 15) is 4.39 Å². The molecule has 3 N–H and O–H groups in total. The van der Waals surface area contributed by atoms with Crippen LogP contribution in [-0.2, 0) is 0 Å². The number of rotatable bonds is 1. The van der Waals surface area contributed by atoms with Crippen LogP contribution in [0.2, 0.25) is 0 Å². The molecule has 2 rings (SSSR count). The minimum Gasteiger partial charge on any atom is -0.395 e. The van der Waals surface area contributed by atoms with Crippen LogP contribution in [0.5, 0.6) is 0 Å². The lowest BCUT2D eigenvalue weighted by molar-refractivity contribution is 0.580. The van der Waals surface area contributed by atoms with Gasteiger partial charge in [-0.2, -0.15) is 4.39 Å². The number of hydrogen-bond donors (Lipinski definition) is 2. The predicted molar refractivity (Wildman–Crippen MR) is 48.6 cm³/mol. The second kappa shape index (κ2) is 3.30. The first-order chi connectivity index (χ1) is 6.27. The van der Waals surface area contributed by atoms with E-state index in [0.717, 1.165) is 24.9 Å². The van der Waals surface area contributed by atoms with E-state index in [1.807, 2.05) is 0 Å². The van der Waals surface area contributed by atoms with E-state index >= 15 is 0 Å². The van der Waals surface area contributed by atoms with Crippen LogP contribution >= 0.6 is 0 Å². The molecule has 1 aromatic rings. The molecule has 2 heterocycles. The average molecular weight is 181 g/mol. The Morgan fingerprint density at radius 2 is 2.46 bits per heavy atom. The minimum absolute atomic E-state index is 0.131. The summed E-state index contributed by atoms with van der Waals surface area (Å²) in [5.74, 6) is -0.582. The van der Waals surface area contributed by atoms with E-state index < -0.39 is 5.95 Å². The molecule has 4 heteroatoms. The Kier molecular flexibility index (Phi) is 2.14. The Morgan fingerprint density at radius 1 is 1.62 bits per heavy atom. The van der Waals surface area contributed by atoms with Crippen molar-refractivity contribution in [2.24, 2.45) is 0 Å². The maximum absolute atomic E-state index is 12.7. The SMILES string of the molecule is Nc1cc(C2CCCN2)cnc1F. The molecule has 1 unspecified atom stereocenters. The molecule has 1 aliphatic heterocycles. The fraction of sp³-hybridized carbons (Fsp3) is 0.444. The smallest absolute Gasteiger partial charge is 0.236 e. The van der Waals surface area contributed by atoms with Gasteiger partial charge >= 0.3 is 0 Å². The van der Waals surface area contributed by atoms with Gasteiger partial charge in [-0.1, -0.05) is 0 Å². The zero-order chi connectivity index (χ0) is 9.26. The van der Waals surface area contributed by atoms with Crippen LogP contribution < -0.4 is 11.1 Å². The summed E-state index contributed by atoms with van der Waals surface area (Å²) >= 11 is 0. The van der Waals surface area contributed by atoms with E-state index in [1.165, 1.54) is 0 Å². The summed E-state index contributed by atoms with van der Waals surface area (Å²) in [6, 6.07) is 1.96. The molecule has 0 spiro atoms. The van der Waals surface area contributed by atoms with Crippen molar-refractivity contribution in [3.63, 3.8) is 0 Å². The van der Waals surface area contributed by atoms with Crippen molar-refractivity contribution in [3.8, 4) is 0 Å².